The van der Waals surface area contributed by atoms with Crippen LogP contribution >= 0.6 is 0 Å². The zero-order valence-electron chi connectivity index (χ0n) is 8.60. The third-order valence-corrected chi connectivity index (χ3v) is 1.94. The van der Waals surface area contributed by atoms with Gasteiger partial charge in [-0.1, -0.05) is 6.07 Å². The second-order valence-corrected chi connectivity index (χ2v) is 3.14. The molecule has 0 aliphatic rings. The maximum atomic E-state index is 12.1. The summed E-state index contributed by atoms with van der Waals surface area (Å²) in [5.41, 5.74) is -0.126. The van der Waals surface area contributed by atoms with Gasteiger partial charge in [-0.15, -0.1) is 0 Å². The average molecular weight is 227 g/mol. The van der Waals surface area contributed by atoms with Gasteiger partial charge in [0.05, 0.1) is 10.5 Å². The SMILES string of the molecule is CC(=O)Cc1c(OCF)cccc1[N+](=O)[O-]. The quantitative estimate of drug-likeness (QED) is 0.570. The fourth-order valence-corrected chi connectivity index (χ4v) is 1.35. The fourth-order valence-electron chi connectivity index (χ4n) is 1.35. The lowest BCUT2D eigenvalue weighted by molar-refractivity contribution is -0.385. The summed E-state index contributed by atoms with van der Waals surface area (Å²) < 4.78 is 16.7. The molecule has 86 valence electrons. The fraction of sp³-hybridized carbons (Fsp3) is 0.300. The Hall–Kier alpha value is -1.98. The molecule has 0 heterocycles. The van der Waals surface area contributed by atoms with Gasteiger partial charge in [0.1, 0.15) is 11.5 Å². The van der Waals surface area contributed by atoms with E-state index in [1.807, 2.05) is 0 Å². The number of benzene rings is 1. The number of Topliss-reactive ketones (excluding diaryl/α,β-unsaturated/α-hetero) is 1. The van der Waals surface area contributed by atoms with Crippen LogP contribution in [0.15, 0.2) is 18.2 Å². The predicted molar refractivity (Wildman–Crippen MR) is 54.1 cm³/mol. The van der Waals surface area contributed by atoms with Gasteiger partial charge in [-0.05, 0) is 13.0 Å². The van der Waals surface area contributed by atoms with Crippen LogP contribution in [0.2, 0.25) is 0 Å². The first-order chi connectivity index (χ1) is 7.56. The van der Waals surface area contributed by atoms with Gasteiger partial charge in [0.15, 0.2) is 0 Å². The lowest BCUT2D eigenvalue weighted by Gasteiger charge is -2.07. The third-order valence-electron chi connectivity index (χ3n) is 1.94. The van der Waals surface area contributed by atoms with Gasteiger partial charge in [-0.25, -0.2) is 4.39 Å². The number of hydrogen-bond acceptors (Lipinski definition) is 4. The molecule has 1 rings (SSSR count). The molecule has 0 spiro atoms. The van der Waals surface area contributed by atoms with Gasteiger partial charge in [-0.3, -0.25) is 14.9 Å². The average Bonchev–Trinajstić information content (AvgIpc) is 2.19. The van der Waals surface area contributed by atoms with Crippen LogP contribution in [0.1, 0.15) is 12.5 Å². The van der Waals surface area contributed by atoms with E-state index in [0.717, 1.165) is 0 Å². The van der Waals surface area contributed by atoms with Crippen LogP contribution < -0.4 is 4.74 Å². The number of hydrogen-bond donors (Lipinski definition) is 0. The van der Waals surface area contributed by atoms with Crippen molar-refractivity contribution in [3.8, 4) is 5.75 Å². The van der Waals surface area contributed by atoms with Crippen molar-refractivity contribution in [1.82, 2.24) is 0 Å². The molecule has 0 aliphatic heterocycles. The molecule has 5 nitrogen and oxygen atoms in total. The summed E-state index contributed by atoms with van der Waals surface area (Å²) in [4.78, 5) is 21.1. The van der Waals surface area contributed by atoms with Gasteiger partial charge >= 0.3 is 0 Å². The molecular formula is C10H10FNO4. The molecule has 0 bridgehead atoms. The molecule has 0 aromatic heterocycles. The van der Waals surface area contributed by atoms with Gasteiger partial charge in [0.2, 0.25) is 6.86 Å². The number of halogens is 1. The van der Waals surface area contributed by atoms with E-state index < -0.39 is 11.8 Å². The summed E-state index contributed by atoms with van der Waals surface area (Å²) in [5, 5.41) is 10.7. The highest BCUT2D eigenvalue weighted by Gasteiger charge is 2.19. The van der Waals surface area contributed by atoms with Crippen molar-refractivity contribution >= 4 is 11.5 Å². The number of rotatable bonds is 5. The Morgan fingerprint density at radius 1 is 1.56 bits per heavy atom. The van der Waals surface area contributed by atoms with Crippen molar-refractivity contribution < 1.29 is 18.8 Å². The first-order valence-corrected chi connectivity index (χ1v) is 4.50. The van der Waals surface area contributed by atoms with Crippen molar-refractivity contribution in [2.45, 2.75) is 13.3 Å². The van der Waals surface area contributed by atoms with E-state index >= 15 is 0 Å². The Morgan fingerprint density at radius 3 is 2.75 bits per heavy atom. The van der Waals surface area contributed by atoms with E-state index in [1.165, 1.54) is 25.1 Å². The Balaban J connectivity index is 3.22. The first kappa shape index (κ1) is 12.1. The minimum absolute atomic E-state index is 0.0342. The Labute approximate surface area is 91.0 Å². The second kappa shape index (κ2) is 5.20. The van der Waals surface area contributed by atoms with E-state index in [-0.39, 0.29) is 29.2 Å². The second-order valence-electron chi connectivity index (χ2n) is 3.14. The highest BCUT2D eigenvalue weighted by Crippen LogP contribution is 2.29. The van der Waals surface area contributed by atoms with Crippen molar-refractivity contribution in [3.05, 3.63) is 33.9 Å². The van der Waals surface area contributed by atoms with E-state index in [9.17, 15) is 19.3 Å². The lowest BCUT2D eigenvalue weighted by Crippen LogP contribution is -2.05. The van der Waals surface area contributed by atoms with Crippen LogP contribution in [0.25, 0.3) is 0 Å². The maximum Gasteiger partial charge on any atom is 0.276 e. The topological polar surface area (TPSA) is 69.4 Å². The van der Waals surface area contributed by atoms with Crippen LogP contribution in [0.4, 0.5) is 10.1 Å². The van der Waals surface area contributed by atoms with E-state index in [4.69, 9.17) is 0 Å². The smallest absolute Gasteiger partial charge is 0.276 e. The summed E-state index contributed by atoms with van der Waals surface area (Å²) in [6, 6.07) is 4.03. The van der Waals surface area contributed by atoms with Gasteiger partial charge in [0.25, 0.3) is 5.69 Å². The molecule has 0 unspecified atom stereocenters. The van der Waals surface area contributed by atoms with Gasteiger partial charge < -0.3 is 4.74 Å². The molecule has 0 saturated carbocycles. The molecule has 0 saturated heterocycles. The van der Waals surface area contributed by atoms with Crippen LogP contribution in [-0.4, -0.2) is 17.6 Å². The number of nitro groups is 1. The number of ether oxygens (including phenoxy) is 1. The molecule has 0 atom stereocenters. The van der Waals surface area contributed by atoms with Crippen LogP contribution in [0, 0.1) is 10.1 Å². The minimum atomic E-state index is -1.09. The number of ketones is 1. The number of carbonyl (C=O) groups is 1. The summed E-state index contributed by atoms with van der Waals surface area (Å²) in [6.45, 7) is 0.210. The molecule has 1 aromatic rings. The van der Waals surface area contributed by atoms with Crippen LogP contribution in [0.3, 0.4) is 0 Å². The molecule has 0 amide bonds. The van der Waals surface area contributed by atoms with E-state index in [0.29, 0.717) is 0 Å². The summed E-state index contributed by atoms with van der Waals surface area (Å²) >= 11 is 0. The van der Waals surface area contributed by atoms with Crippen molar-refractivity contribution in [3.63, 3.8) is 0 Å². The molecule has 1 aromatic carbocycles. The molecule has 0 N–H and O–H groups in total. The molecule has 0 aliphatic carbocycles. The Kier molecular flexibility index (Phi) is 3.93. The molecule has 16 heavy (non-hydrogen) atoms. The monoisotopic (exact) mass is 227 g/mol. The summed E-state index contributed by atoms with van der Waals surface area (Å²) in [5.74, 6) is -0.218. The van der Waals surface area contributed by atoms with E-state index in [2.05, 4.69) is 4.74 Å². The summed E-state index contributed by atoms with van der Waals surface area (Å²) in [6.07, 6.45) is -0.146. The normalized spacial score (nSPS) is 9.88. The number of carbonyl (C=O) groups excluding carboxylic acids is 1. The van der Waals surface area contributed by atoms with Gasteiger partial charge in [-0.2, -0.15) is 0 Å². The van der Waals surface area contributed by atoms with Crippen LogP contribution in [0.5, 0.6) is 5.75 Å². The van der Waals surface area contributed by atoms with Crippen LogP contribution in [-0.2, 0) is 11.2 Å². The van der Waals surface area contributed by atoms with Crippen molar-refractivity contribution in [2.24, 2.45) is 0 Å². The third kappa shape index (κ3) is 2.75. The number of alkyl halides is 1. The molecule has 0 radical (unpaired) electrons. The Morgan fingerprint density at radius 2 is 2.25 bits per heavy atom. The molecular weight excluding hydrogens is 217 g/mol. The number of nitrogens with zero attached hydrogens (tertiary/aromatic N) is 1. The zero-order valence-corrected chi connectivity index (χ0v) is 8.60. The standard InChI is InChI=1S/C10H10FNO4/c1-7(13)5-8-9(12(14)15)3-2-4-10(8)16-6-11/h2-4H,5-6H2,1H3. The minimum Gasteiger partial charge on any atom is -0.462 e. The van der Waals surface area contributed by atoms with Crippen molar-refractivity contribution in [2.75, 3.05) is 6.86 Å². The largest absolute Gasteiger partial charge is 0.462 e. The highest BCUT2D eigenvalue weighted by atomic mass is 19.1. The Bertz CT molecular complexity index is 419. The predicted octanol–water partition coefficient (Wildman–Crippen LogP) is 2.03. The molecule has 0 fully saturated rings. The molecule has 6 heteroatoms. The van der Waals surface area contributed by atoms with Gasteiger partial charge in [0, 0.05) is 12.5 Å². The van der Waals surface area contributed by atoms with E-state index in [1.54, 1.807) is 0 Å². The zero-order chi connectivity index (χ0) is 12.1. The maximum absolute atomic E-state index is 12.1. The first-order valence-electron chi connectivity index (χ1n) is 4.50. The lowest BCUT2D eigenvalue weighted by atomic mass is 10.1. The van der Waals surface area contributed by atoms with Crippen molar-refractivity contribution in [1.29, 1.82) is 0 Å². The summed E-state index contributed by atoms with van der Waals surface area (Å²) in [7, 11) is 0. The highest BCUT2D eigenvalue weighted by molar-refractivity contribution is 5.80. The number of nitro benzene ring substituents is 1.